The van der Waals surface area contributed by atoms with E-state index in [4.69, 9.17) is 21.1 Å². The summed E-state index contributed by atoms with van der Waals surface area (Å²) in [6.07, 6.45) is -0.903. The molecule has 0 fully saturated rings. The van der Waals surface area contributed by atoms with Gasteiger partial charge in [0.05, 0.1) is 12.2 Å². The quantitative estimate of drug-likeness (QED) is 0.575. The van der Waals surface area contributed by atoms with Crippen LogP contribution in [0, 0.1) is 6.92 Å². The number of esters is 1. The fourth-order valence-electron chi connectivity index (χ4n) is 3.04. The number of aryl methyl sites for hydroxylation is 1. The van der Waals surface area contributed by atoms with Gasteiger partial charge in [0.25, 0.3) is 0 Å². The van der Waals surface area contributed by atoms with Crippen molar-refractivity contribution in [2.45, 2.75) is 39.7 Å². The average Bonchev–Trinajstić information content (AvgIpc) is 2.63. The second-order valence-electron chi connectivity index (χ2n) is 6.92. The number of anilines is 1. The zero-order chi connectivity index (χ0) is 19.7. The van der Waals surface area contributed by atoms with Crippen molar-refractivity contribution in [3.05, 3.63) is 52.5 Å². The first-order valence-corrected chi connectivity index (χ1v) is 9.21. The lowest BCUT2D eigenvalue weighted by Gasteiger charge is -2.33. The Morgan fingerprint density at radius 3 is 2.63 bits per heavy atom. The number of halogens is 1. The van der Waals surface area contributed by atoms with E-state index < -0.39 is 12.1 Å². The number of carbonyl (C=O) groups is 2. The predicted octanol–water partition coefficient (Wildman–Crippen LogP) is 4.49. The first kappa shape index (κ1) is 19.2. The van der Waals surface area contributed by atoms with Gasteiger partial charge in [-0.1, -0.05) is 37.6 Å². The van der Waals surface area contributed by atoms with Crippen molar-refractivity contribution in [2.24, 2.45) is 0 Å². The van der Waals surface area contributed by atoms with Gasteiger partial charge in [0.15, 0.2) is 0 Å². The molecule has 1 heterocycles. The van der Waals surface area contributed by atoms with Crippen LogP contribution in [-0.2, 0) is 9.59 Å². The second kappa shape index (κ2) is 7.61. The Labute approximate surface area is 163 Å². The molecule has 1 amide bonds. The molecule has 5 nitrogen and oxygen atoms in total. The summed E-state index contributed by atoms with van der Waals surface area (Å²) in [7, 11) is 0. The molecular weight excluding hydrogens is 366 g/mol. The minimum atomic E-state index is -0.903. The molecule has 1 aliphatic rings. The Bertz CT molecular complexity index is 894. The zero-order valence-electron chi connectivity index (χ0n) is 15.8. The zero-order valence-corrected chi connectivity index (χ0v) is 16.5. The molecule has 0 spiro atoms. The number of hydrogen-bond donors (Lipinski definition) is 0. The van der Waals surface area contributed by atoms with Crippen molar-refractivity contribution in [3.63, 3.8) is 0 Å². The Morgan fingerprint density at radius 1 is 1.26 bits per heavy atom. The van der Waals surface area contributed by atoms with E-state index in [0.717, 1.165) is 11.1 Å². The van der Waals surface area contributed by atoms with Crippen molar-refractivity contribution < 1.29 is 19.1 Å². The third-order valence-electron chi connectivity index (χ3n) is 4.54. The highest BCUT2D eigenvalue weighted by molar-refractivity contribution is 6.31. The summed E-state index contributed by atoms with van der Waals surface area (Å²) >= 11 is 6.22. The number of carbonyl (C=O) groups excluding carboxylic acids is 2. The van der Waals surface area contributed by atoms with Gasteiger partial charge in [-0.05, 0) is 48.2 Å². The molecule has 0 bridgehead atoms. The summed E-state index contributed by atoms with van der Waals surface area (Å²) in [4.78, 5) is 26.3. The Morgan fingerprint density at radius 2 is 1.96 bits per heavy atom. The molecule has 6 heteroatoms. The SMILES string of the molecule is CC(=O)N1C[C@@H](C(=O)Oc2cc(C)c(Cl)cc2C(C)C)Oc2ccccc21. The van der Waals surface area contributed by atoms with Crippen LogP contribution in [0.2, 0.25) is 5.02 Å². The maximum absolute atomic E-state index is 12.8. The maximum atomic E-state index is 12.8. The molecule has 0 aromatic heterocycles. The van der Waals surface area contributed by atoms with E-state index >= 15 is 0 Å². The molecule has 27 heavy (non-hydrogen) atoms. The fraction of sp³-hybridized carbons (Fsp3) is 0.333. The van der Waals surface area contributed by atoms with Gasteiger partial charge in [-0.25, -0.2) is 4.79 Å². The number of rotatable bonds is 3. The number of nitrogens with zero attached hydrogens (tertiary/aromatic N) is 1. The molecule has 0 N–H and O–H groups in total. The number of benzene rings is 2. The van der Waals surface area contributed by atoms with Crippen LogP contribution in [0.5, 0.6) is 11.5 Å². The van der Waals surface area contributed by atoms with Crippen LogP contribution in [0.3, 0.4) is 0 Å². The molecule has 0 aliphatic carbocycles. The van der Waals surface area contributed by atoms with Crippen molar-refractivity contribution in [2.75, 3.05) is 11.4 Å². The Balaban J connectivity index is 1.88. The summed E-state index contributed by atoms with van der Waals surface area (Å²) < 4.78 is 11.5. The predicted molar refractivity (Wildman–Crippen MR) is 105 cm³/mol. The van der Waals surface area contributed by atoms with Gasteiger partial charge < -0.3 is 14.4 Å². The largest absolute Gasteiger partial charge is 0.475 e. The topological polar surface area (TPSA) is 55.8 Å². The smallest absolute Gasteiger partial charge is 0.354 e. The number of para-hydroxylation sites is 2. The molecule has 0 radical (unpaired) electrons. The monoisotopic (exact) mass is 387 g/mol. The van der Waals surface area contributed by atoms with E-state index in [0.29, 0.717) is 22.2 Å². The lowest BCUT2D eigenvalue weighted by molar-refractivity contribution is -0.142. The average molecular weight is 388 g/mol. The molecule has 0 saturated heterocycles. The second-order valence-corrected chi connectivity index (χ2v) is 7.33. The van der Waals surface area contributed by atoms with Gasteiger partial charge in [-0.15, -0.1) is 0 Å². The van der Waals surface area contributed by atoms with E-state index in [1.54, 1.807) is 24.3 Å². The standard InChI is InChI=1S/C21H22ClNO4/c1-12(2)15-10-16(22)13(3)9-19(15)27-21(25)20-11-23(14(4)24)17-7-5-6-8-18(17)26-20/h5-10,12,20H,11H2,1-4H3/t20-/m0/s1. The van der Waals surface area contributed by atoms with Crippen LogP contribution < -0.4 is 14.4 Å². The molecule has 2 aromatic carbocycles. The lowest BCUT2D eigenvalue weighted by Crippen LogP contribution is -2.47. The van der Waals surface area contributed by atoms with Gasteiger partial charge in [-0.2, -0.15) is 0 Å². The van der Waals surface area contributed by atoms with Crippen LogP contribution >= 0.6 is 11.6 Å². The van der Waals surface area contributed by atoms with E-state index in [9.17, 15) is 9.59 Å². The van der Waals surface area contributed by atoms with Crippen LogP contribution in [0.1, 0.15) is 37.8 Å². The van der Waals surface area contributed by atoms with Crippen molar-refractivity contribution in [3.8, 4) is 11.5 Å². The van der Waals surface area contributed by atoms with Gasteiger partial charge in [0.2, 0.25) is 12.0 Å². The highest BCUT2D eigenvalue weighted by atomic mass is 35.5. The fourth-order valence-corrected chi connectivity index (χ4v) is 3.21. The molecule has 0 unspecified atom stereocenters. The van der Waals surface area contributed by atoms with E-state index in [2.05, 4.69) is 0 Å². The highest BCUT2D eigenvalue weighted by Crippen LogP contribution is 2.35. The minimum Gasteiger partial charge on any atom is -0.475 e. The molecular formula is C21H22ClNO4. The first-order valence-electron chi connectivity index (χ1n) is 8.83. The summed E-state index contributed by atoms with van der Waals surface area (Å²) in [6.45, 7) is 7.43. The number of amides is 1. The van der Waals surface area contributed by atoms with Gasteiger partial charge >= 0.3 is 5.97 Å². The molecule has 142 valence electrons. The summed E-state index contributed by atoms with van der Waals surface area (Å²) in [5.74, 6) is 0.381. The number of hydrogen-bond acceptors (Lipinski definition) is 4. The first-order chi connectivity index (χ1) is 12.8. The molecule has 1 aliphatic heterocycles. The Hall–Kier alpha value is -2.53. The van der Waals surface area contributed by atoms with Crippen molar-refractivity contribution >= 4 is 29.2 Å². The molecule has 3 rings (SSSR count). The molecule has 0 saturated carbocycles. The van der Waals surface area contributed by atoms with Crippen molar-refractivity contribution in [1.29, 1.82) is 0 Å². The van der Waals surface area contributed by atoms with Gasteiger partial charge in [-0.3, -0.25) is 4.79 Å². The normalized spacial score (nSPS) is 15.9. The van der Waals surface area contributed by atoms with Gasteiger partial charge in [0.1, 0.15) is 11.5 Å². The summed E-state index contributed by atoms with van der Waals surface area (Å²) in [5.41, 5.74) is 2.32. The Kier molecular flexibility index (Phi) is 5.42. The number of fused-ring (bicyclic) bond motifs is 1. The molecule has 1 atom stereocenters. The highest BCUT2D eigenvalue weighted by Gasteiger charge is 2.34. The third-order valence-corrected chi connectivity index (χ3v) is 4.95. The van der Waals surface area contributed by atoms with E-state index in [1.807, 2.05) is 32.9 Å². The summed E-state index contributed by atoms with van der Waals surface area (Å²) in [5, 5.41) is 0.629. The summed E-state index contributed by atoms with van der Waals surface area (Å²) in [6, 6.07) is 10.7. The minimum absolute atomic E-state index is 0.106. The van der Waals surface area contributed by atoms with Crippen LogP contribution in [0.15, 0.2) is 36.4 Å². The lowest BCUT2D eigenvalue weighted by atomic mass is 10.0. The van der Waals surface area contributed by atoms with E-state index in [-0.39, 0.29) is 18.4 Å². The third kappa shape index (κ3) is 3.93. The molecule has 2 aromatic rings. The number of ether oxygens (including phenoxy) is 2. The van der Waals surface area contributed by atoms with Crippen LogP contribution in [0.4, 0.5) is 5.69 Å². The van der Waals surface area contributed by atoms with Crippen LogP contribution in [-0.4, -0.2) is 24.5 Å². The van der Waals surface area contributed by atoms with Gasteiger partial charge in [0, 0.05) is 11.9 Å². The van der Waals surface area contributed by atoms with Crippen LogP contribution in [0.25, 0.3) is 0 Å². The van der Waals surface area contributed by atoms with Crippen molar-refractivity contribution in [1.82, 2.24) is 0 Å². The maximum Gasteiger partial charge on any atom is 0.354 e. The van der Waals surface area contributed by atoms with E-state index in [1.165, 1.54) is 11.8 Å².